The summed E-state index contributed by atoms with van der Waals surface area (Å²) in [6, 6.07) is 4.93. The fraction of sp³-hybridized carbons (Fsp3) is 0.478. The molecular formula is C23H32N4. The summed E-state index contributed by atoms with van der Waals surface area (Å²) in [5, 5.41) is 4.81. The first-order chi connectivity index (χ1) is 12.8. The summed E-state index contributed by atoms with van der Waals surface area (Å²) in [4.78, 5) is 9.64. The minimum absolute atomic E-state index is 0.424. The maximum atomic E-state index is 4.87. The normalized spacial score (nSPS) is 11.6. The number of hydrogen-bond donors (Lipinski definition) is 1. The lowest BCUT2D eigenvalue weighted by Gasteiger charge is -2.18. The lowest BCUT2D eigenvalue weighted by Crippen LogP contribution is -2.18. The fourth-order valence-corrected chi connectivity index (χ4v) is 4.16. The molecule has 0 atom stereocenters. The van der Waals surface area contributed by atoms with Gasteiger partial charge in [-0.25, -0.2) is 9.97 Å². The molecule has 0 aliphatic carbocycles. The molecule has 27 heavy (non-hydrogen) atoms. The highest BCUT2D eigenvalue weighted by Gasteiger charge is 2.21. The quantitative estimate of drug-likeness (QED) is 0.615. The molecule has 1 N–H and O–H groups in total. The topological polar surface area (TPSA) is 42.7 Å². The minimum Gasteiger partial charge on any atom is -0.367 e. The Labute approximate surface area is 163 Å². The van der Waals surface area contributed by atoms with E-state index < -0.39 is 0 Å². The first kappa shape index (κ1) is 19.4. The van der Waals surface area contributed by atoms with Crippen LogP contribution in [-0.2, 0) is 0 Å². The van der Waals surface area contributed by atoms with Gasteiger partial charge >= 0.3 is 0 Å². The molecule has 3 aromatic rings. The van der Waals surface area contributed by atoms with Crippen molar-refractivity contribution in [1.82, 2.24) is 14.5 Å². The summed E-state index contributed by atoms with van der Waals surface area (Å²) >= 11 is 0. The van der Waals surface area contributed by atoms with Crippen LogP contribution in [0.3, 0.4) is 0 Å². The summed E-state index contributed by atoms with van der Waals surface area (Å²) in [5.41, 5.74) is 8.56. The van der Waals surface area contributed by atoms with Gasteiger partial charge < -0.3 is 5.32 Å². The van der Waals surface area contributed by atoms with Crippen molar-refractivity contribution in [3.8, 4) is 5.69 Å². The van der Waals surface area contributed by atoms with Crippen molar-refractivity contribution in [1.29, 1.82) is 0 Å². The Balaban J connectivity index is 2.34. The van der Waals surface area contributed by atoms with Crippen LogP contribution in [0.5, 0.6) is 0 Å². The van der Waals surface area contributed by atoms with E-state index in [2.05, 4.69) is 70.5 Å². The van der Waals surface area contributed by atoms with Crippen LogP contribution in [0.25, 0.3) is 16.7 Å². The molecule has 2 heterocycles. The molecule has 2 aromatic heterocycles. The van der Waals surface area contributed by atoms with Gasteiger partial charge in [0.25, 0.3) is 0 Å². The van der Waals surface area contributed by atoms with Gasteiger partial charge in [0.05, 0.1) is 11.1 Å². The van der Waals surface area contributed by atoms with Crippen molar-refractivity contribution in [2.75, 3.05) is 5.32 Å². The number of anilines is 1. The van der Waals surface area contributed by atoms with Gasteiger partial charge in [-0.3, -0.25) is 4.57 Å². The zero-order valence-corrected chi connectivity index (χ0v) is 18.0. The van der Waals surface area contributed by atoms with E-state index in [-0.39, 0.29) is 0 Å². The Bertz CT molecular complexity index is 971. The van der Waals surface area contributed by atoms with Gasteiger partial charge in [0.2, 0.25) is 0 Å². The predicted octanol–water partition coefficient (Wildman–Crippen LogP) is 5.87. The van der Waals surface area contributed by atoms with Gasteiger partial charge in [0, 0.05) is 11.7 Å². The van der Waals surface area contributed by atoms with Crippen LogP contribution in [0.1, 0.15) is 60.5 Å². The highest BCUT2D eigenvalue weighted by Crippen LogP contribution is 2.34. The third-order valence-corrected chi connectivity index (χ3v) is 5.65. The van der Waals surface area contributed by atoms with Gasteiger partial charge in [-0.1, -0.05) is 31.5 Å². The van der Waals surface area contributed by atoms with E-state index in [1.54, 1.807) is 0 Å². The maximum absolute atomic E-state index is 4.87. The zero-order valence-electron chi connectivity index (χ0n) is 18.0. The SMILES string of the molecule is CCC(CC)Nc1nc(C)nc2c1c(C)c(C)n2-c1c(C)cc(C)cc1C. The van der Waals surface area contributed by atoms with E-state index >= 15 is 0 Å². The van der Waals surface area contributed by atoms with Crippen LogP contribution in [0, 0.1) is 41.5 Å². The fourth-order valence-electron chi connectivity index (χ4n) is 4.16. The summed E-state index contributed by atoms with van der Waals surface area (Å²) in [5.74, 6) is 1.77. The Hall–Kier alpha value is -2.36. The van der Waals surface area contributed by atoms with E-state index in [9.17, 15) is 0 Å². The molecule has 3 rings (SSSR count). The van der Waals surface area contributed by atoms with Crippen LogP contribution in [0.15, 0.2) is 12.1 Å². The number of rotatable bonds is 5. The lowest BCUT2D eigenvalue weighted by atomic mass is 10.0. The molecule has 0 aliphatic rings. The third-order valence-electron chi connectivity index (χ3n) is 5.65. The van der Waals surface area contributed by atoms with Crippen LogP contribution in [0.4, 0.5) is 5.82 Å². The highest BCUT2D eigenvalue weighted by atomic mass is 15.1. The van der Waals surface area contributed by atoms with Crippen LogP contribution >= 0.6 is 0 Å². The van der Waals surface area contributed by atoms with E-state index in [0.717, 1.165) is 35.5 Å². The van der Waals surface area contributed by atoms with E-state index in [1.807, 2.05) is 6.92 Å². The van der Waals surface area contributed by atoms with Gasteiger partial charge in [0.15, 0.2) is 5.65 Å². The number of aromatic nitrogens is 3. The molecule has 0 amide bonds. The summed E-state index contributed by atoms with van der Waals surface area (Å²) in [6.07, 6.45) is 2.16. The first-order valence-electron chi connectivity index (χ1n) is 9.99. The predicted molar refractivity (Wildman–Crippen MR) is 115 cm³/mol. The smallest absolute Gasteiger partial charge is 0.150 e. The number of hydrogen-bond acceptors (Lipinski definition) is 3. The lowest BCUT2D eigenvalue weighted by molar-refractivity contribution is 0.669. The summed E-state index contributed by atoms with van der Waals surface area (Å²) < 4.78 is 2.32. The second-order valence-corrected chi connectivity index (χ2v) is 7.77. The van der Waals surface area contributed by atoms with Crippen LogP contribution in [0.2, 0.25) is 0 Å². The number of nitrogens with one attached hydrogen (secondary N) is 1. The van der Waals surface area contributed by atoms with Crippen molar-refractivity contribution >= 4 is 16.9 Å². The molecular weight excluding hydrogens is 332 g/mol. The number of benzene rings is 1. The van der Waals surface area contributed by atoms with Crippen molar-refractivity contribution in [3.05, 3.63) is 45.9 Å². The van der Waals surface area contributed by atoms with E-state index in [1.165, 1.54) is 33.6 Å². The zero-order chi connectivity index (χ0) is 19.9. The van der Waals surface area contributed by atoms with E-state index in [0.29, 0.717) is 6.04 Å². The average molecular weight is 365 g/mol. The first-order valence-corrected chi connectivity index (χ1v) is 9.99. The van der Waals surface area contributed by atoms with Gasteiger partial charge in [-0.15, -0.1) is 0 Å². The number of aryl methyl sites for hydroxylation is 5. The Morgan fingerprint density at radius 2 is 1.52 bits per heavy atom. The van der Waals surface area contributed by atoms with Crippen molar-refractivity contribution in [2.45, 2.75) is 74.3 Å². The average Bonchev–Trinajstić information content (AvgIpc) is 2.83. The molecule has 0 fully saturated rings. The summed E-state index contributed by atoms with van der Waals surface area (Å²) in [7, 11) is 0. The molecule has 0 saturated heterocycles. The molecule has 1 aromatic carbocycles. The van der Waals surface area contributed by atoms with Crippen molar-refractivity contribution < 1.29 is 0 Å². The third kappa shape index (κ3) is 3.33. The van der Waals surface area contributed by atoms with E-state index in [4.69, 9.17) is 9.97 Å². The minimum atomic E-state index is 0.424. The van der Waals surface area contributed by atoms with Gasteiger partial charge in [0.1, 0.15) is 11.6 Å². The molecule has 0 spiro atoms. The van der Waals surface area contributed by atoms with Gasteiger partial charge in [-0.2, -0.15) is 0 Å². The molecule has 4 heteroatoms. The van der Waals surface area contributed by atoms with Crippen molar-refractivity contribution in [2.24, 2.45) is 0 Å². The summed E-state index contributed by atoms with van der Waals surface area (Å²) in [6.45, 7) is 17.3. The monoisotopic (exact) mass is 364 g/mol. The largest absolute Gasteiger partial charge is 0.367 e. The second-order valence-electron chi connectivity index (χ2n) is 7.77. The number of nitrogens with zero attached hydrogens (tertiary/aromatic N) is 3. The highest BCUT2D eigenvalue weighted by molar-refractivity contribution is 5.93. The Kier molecular flexibility index (Phi) is 5.27. The molecule has 0 saturated carbocycles. The maximum Gasteiger partial charge on any atom is 0.150 e. The molecule has 0 unspecified atom stereocenters. The van der Waals surface area contributed by atoms with Crippen molar-refractivity contribution in [3.63, 3.8) is 0 Å². The molecule has 0 radical (unpaired) electrons. The molecule has 0 bridgehead atoms. The Morgan fingerprint density at radius 1 is 0.926 bits per heavy atom. The van der Waals surface area contributed by atoms with Crippen LogP contribution < -0.4 is 5.32 Å². The molecule has 0 aliphatic heterocycles. The number of fused-ring (bicyclic) bond motifs is 1. The standard InChI is InChI=1S/C23H32N4/c1-9-19(10-2)26-22-20-16(6)17(7)27(23(20)25-18(8)24-22)21-14(4)11-13(3)12-15(21)5/h11-12,19H,9-10H2,1-8H3,(H,24,25,26). The molecule has 4 nitrogen and oxygen atoms in total. The Morgan fingerprint density at radius 3 is 2.07 bits per heavy atom. The molecule has 144 valence electrons. The van der Waals surface area contributed by atoms with Gasteiger partial charge in [-0.05, 0) is 71.1 Å². The second kappa shape index (κ2) is 7.34. The van der Waals surface area contributed by atoms with Crippen LogP contribution in [-0.4, -0.2) is 20.6 Å².